The van der Waals surface area contributed by atoms with E-state index in [4.69, 9.17) is 9.84 Å². The Morgan fingerprint density at radius 1 is 1.24 bits per heavy atom. The molecule has 0 unspecified atom stereocenters. The van der Waals surface area contributed by atoms with Crippen molar-refractivity contribution in [1.29, 1.82) is 0 Å². The van der Waals surface area contributed by atoms with Crippen LogP contribution in [-0.4, -0.2) is 65.0 Å². The number of ether oxygens (including phenoxy) is 1. The van der Waals surface area contributed by atoms with Gasteiger partial charge in [0.1, 0.15) is 0 Å². The molecule has 6 heteroatoms. The lowest BCUT2D eigenvalue weighted by Gasteiger charge is -2.31. The van der Waals surface area contributed by atoms with E-state index in [1.54, 1.807) is 0 Å². The number of rotatable bonds is 6. The largest absolute Gasteiger partial charge is 0.504 e. The number of hydrogen-bond donors (Lipinski definition) is 3. The zero-order valence-electron chi connectivity index (χ0n) is 11.9. The highest BCUT2D eigenvalue weighted by atomic mass is 16.5. The van der Waals surface area contributed by atoms with E-state index in [1.165, 1.54) is 18.2 Å². The molecule has 1 aromatic carbocycles. The van der Waals surface area contributed by atoms with Crippen LogP contribution in [0.2, 0.25) is 0 Å². The first kappa shape index (κ1) is 15.8. The molecule has 1 saturated heterocycles. The molecule has 6 nitrogen and oxygen atoms in total. The van der Waals surface area contributed by atoms with Crippen LogP contribution in [0.1, 0.15) is 23.2 Å². The zero-order valence-corrected chi connectivity index (χ0v) is 11.9. The maximum atomic E-state index is 12.1. The van der Waals surface area contributed by atoms with Gasteiger partial charge in [0.15, 0.2) is 17.3 Å². The molecule has 0 spiro atoms. The van der Waals surface area contributed by atoms with E-state index in [-0.39, 0.29) is 36.5 Å². The van der Waals surface area contributed by atoms with Crippen LogP contribution in [0.4, 0.5) is 0 Å². The summed E-state index contributed by atoms with van der Waals surface area (Å²) in [6, 6.07) is 4.11. The second kappa shape index (κ2) is 7.40. The van der Waals surface area contributed by atoms with E-state index < -0.39 is 0 Å². The second-order valence-electron chi connectivity index (χ2n) is 5.20. The van der Waals surface area contributed by atoms with Crippen molar-refractivity contribution in [3.8, 4) is 11.5 Å². The number of aliphatic hydroxyl groups is 1. The van der Waals surface area contributed by atoms with Gasteiger partial charge in [-0.1, -0.05) is 0 Å². The summed E-state index contributed by atoms with van der Waals surface area (Å²) >= 11 is 0. The smallest absolute Gasteiger partial charge is 0.176 e. The van der Waals surface area contributed by atoms with Crippen LogP contribution < -0.4 is 0 Å². The number of nitrogens with zero attached hydrogens (tertiary/aromatic N) is 1. The number of ketones is 1. The van der Waals surface area contributed by atoms with Gasteiger partial charge in [-0.15, -0.1) is 0 Å². The average molecular weight is 295 g/mol. The molecule has 116 valence electrons. The van der Waals surface area contributed by atoms with Crippen molar-refractivity contribution in [1.82, 2.24) is 4.90 Å². The second-order valence-corrected chi connectivity index (χ2v) is 5.20. The summed E-state index contributed by atoms with van der Waals surface area (Å²) < 4.78 is 5.48. The highest BCUT2D eigenvalue weighted by molar-refractivity contribution is 5.98. The van der Waals surface area contributed by atoms with Gasteiger partial charge < -0.3 is 20.1 Å². The molecule has 1 aliphatic heterocycles. The first-order valence-corrected chi connectivity index (χ1v) is 7.10. The molecule has 0 saturated carbocycles. The predicted octanol–water partition coefficient (Wildman–Crippen LogP) is 0.754. The summed E-state index contributed by atoms with van der Waals surface area (Å²) in [6.07, 6.45) is 1.84. The van der Waals surface area contributed by atoms with Crippen molar-refractivity contribution in [2.75, 3.05) is 32.8 Å². The Kier molecular flexibility index (Phi) is 5.55. The number of benzene rings is 1. The molecular formula is C15H21NO5. The Bertz CT molecular complexity index is 483. The van der Waals surface area contributed by atoms with Gasteiger partial charge in [-0.25, -0.2) is 0 Å². The van der Waals surface area contributed by atoms with Crippen LogP contribution in [0, 0.1) is 0 Å². The quantitative estimate of drug-likeness (QED) is 0.530. The lowest BCUT2D eigenvalue weighted by Crippen LogP contribution is -2.40. The van der Waals surface area contributed by atoms with E-state index in [2.05, 4.69) is 0 Å². The molecule has 0 aliphatic carbocycles. The monoisotopic (exact) mass is 295 g/mol. The number of phenols is 2. The highest BCUT2D eigenvalue weighted by Gasteiger charge is 2.21. The number of hydrogen-bond acceptors (Lipinski definition) is 6. The van der Waals surface area contributed by atoms with Gasteiger partial charge in [0.05, 0.1) is 25.9 Å². The number of carbonyl (C=O) groups excluding carboxylic acids is 1. The third kappa shape index (κ3) is 4.42. The first-order chi connectivity index (χ1) is 10.1. The maximum absolute atomic E-state index is 12.1. The van der Waals surface area contributed by atoms with Gasteiger partial charge in [-0.3, -0.25) is 9.69 Å². The lowest BCUT2D eigenvalue weighted by molar-refractivity contribution is -0.00689. The summed E-state index contributed by atoms with van der Waals surface area (Å²) in [5.41, 5.74) is 0.393. The molecule has 0 aromatic heterocycles. The maximum Gasteiger partial charge on any atom is 0.176 e. The minimum Gasteiger partial charge on any atom is -0.504 e. The predicted molar refractivity (Wildman–Crippen MR) is 76.6 cm³/mol. The van der Waals surface area contributed by atoms with Crippen LogP contribution in [0.3, 0.4) is 0 Å². The van der Waals surface area contributed by atoms with Gasteiger partial charge >= 0.3 is 0 Å². The average Bonchev–Trinajstić information content (AvgIpc) is 2.49. The van der Waals surface area contributed by atoms with Crippen LogP contribution in [0.25, 0.3) is 0 Å². The summed E-state index contributed by atoms with van der Waals surface area (Å²) in [5.74, 6) is -0.592. The molecule has 0 bridgehead atoms. The zero-order chi connectivity index (χ0) is 15.2. The summed E-state index contributed by atoms with van der Waals surface area (Å²) in [6.45, 7) is 2.22. The van der Waals surface area contributed by atoms with Crippen molar-refractivity contribution in [3.05, 3.63) is 23.8 Å². The number of likely N-dealkylation sites (tertiary alicyclic amines) is 1. The van der Waals surface area contributed by atoms with E-state index >= 15 is 0 Å². The normalized spacial score (nSPS) is 17.0. The molecule has 1 aromatic rings. The molecule has 2 rings (SSSR count). The SMILES string of the molecule is O=C(CN1CCC(OCCO)CC1)c1ccc(O)c(O)c1. The van der Waals surface area contributed by atoms with Crippen molar-refractivity contribution in [2.24, 2.45) is 0 Å². The van der Waals surface area contributed by atoms with E-state index in [0.29, 0.717) is 12.2 Å². The molecule has 1 aliphatic rings. The Morgan fingerprint density at radius 3 is 2.57 bits per heavy atom. The van der Waals surface area contributed by atoms with Crippen LogP contribution in [0.5, 0.6) is 11.5 Å². The van der Waals surface area contributed by atoms with Gasteiger partial charge in [0.25, 0.3) is 0 Å². The van der Waals surface area contributed by atoms with Gasteiger partial charge in [-0.2, -0.15) is 0 Å². The number of piperidine rings is 1. The Morgan fingerprint density at radius 2 is 1.95 bits per heavy atom. The lowest BCUT2D eigenvalue weighted by atomic mass is 10.1. The van der Waals surface area contributed by atoms with E-state index in [9.17, 15) is 15.0 Å². The molecule has 0 atom stereocenters. The fourth-order valence-corrected chi connectivity index (χ4v) is 2.44. The minimum atomic E-state index is -0.281. The van der Waals surface area contributed by atoms with Crippen molar-refractivity contribution in [3.63, 3.8) is 0 Å². The molecule has 0 amide bonds. The number of aromatic hydroxyl groups is 2. The van der Waals surface area contributed by atoms with Crippen LogP contribution in [-0.2, 0) is 4.74 Å². The summed E-state index contributed by atoms with van der Waals surface area (Å²) in [5, 5.41) is 27.4. The van der Waals surface area contributed by atoms with E-state index in [0.717, 1.165) is 25.9 Å². The number of aliphatic hydroxyl groups excluding tert-OH is 1. The van der Waals surface area contributed by atoms with Crippen molar-refractivity contribution >= 4 is 5.78 Å². The fraction of sp³-hybridized carbons (Fsp3) is 0.533. The number of Topliss-reactive ketones (excluding diaryl/α,β-unsaturated/α-hetero) is 1. The van der Waals surface area contributed by atoms with Gasteiger partial charge in [-0.05, 0) is 31.0 Å². The summed E-state index contributed by atoms with van der Waals surface area (Å²) in [4.78, 5) is 14.2. The molecule has 0 radical (unpaired) electrons. The third-order valence-electron chi connectivity index (χ3n) is 3.64. The standard InChI is InChI=1S/C15H21NO5/c17-7-8-21-12-3-5-16(6-4-12)10-15(20)11-1-2-13(18)14(19)9-11/h1-2,9,12,17-19H,3-8,10H2. The molecule has 1 heterocycles. The van der Waals surface area contributed by atoms with Gasteiger partial charge in [0, 0.05) is 18.7 Å². The fourth-order valence-electron chi connectivity index (χ4n) is 2.44. The van der Waals surface area contributed by atoms with Gasteiger partial charge in [0.2, 0.25) is 0 Å². The molecule has 21 heavy (non-hydrogen) atoms. The molecular weight excluding hydrogens is 274 g/mol. The third-order valence-corrected chi connectivity index (χ3v) is 3.64. The molecule has 3 N–H and O–H groups in total. The van der Waals surface area contributed by atoms with Crippen molar-refractivity contribution in [2.45, 2.75) is 18.9 Å². The Balaban J connectivity index is 1.82. The first-order valence-electron chi connectivity index (χ1n) is 7.10. The van der Waals surface area contributed by atoms with E-state index in [1.807, 2.05) is 4.90 Å². The Labute approximate surface area is 123 Å². The Hall–Kier alpha value is -1.63. The van der Waals surface area contributed by atoms with Crippen LogP contribution in [0.15, 0.2) is 18.2 Å². The highest BCUT2D eigenvalue weighted by Crippen LogP contribution is 2.25. The minimum absolute atomic E-state index is 0.0308. The summed E-state index contributed by atoms with van der Waals surface area (Å²) in [7, 11) is 0. The molecule has 1 fully saturated rings. The number of carbonyl (C=O) groups is 1. The van der Waals surface area contributed by atoms with Crippen molar-refractivity contribution < 1.29 is 24.9 Å². The van der Waals surface area contributed by atoms with Crippen LogP contribution >= 0.6 is 0 Å². The number of phenolic OH excluding ortho intramolecular Hbond substituents is 2. The topological polar surface area (TPSA) is 90.2 Å².